The second-order valence-corrected chi connectivity index (χ2v) is 4.63. The molecule has 0 atom stereocenters. The topological polar surface area (TPSA) is 54.4 Å². The molecule has 0 aliphatic carbocycles. The van der Waals surface area contributed by atoms with Gasteiger partial charge in [-0.3, -0.25) is 4.55 Å². The van der Waals surface area contributed by atoms with Gasteiger partial charge >= 0.3 is 0 Å². The molecule has 0 aromatic heterocycles. The zero-order valence-electron chi connectivity index (χ0n) is 6.58. The molecule has 0 aliphatic heterocycles. The summed E-state index contributed by atoms with van der Waals surface area (Å²) in [6, 6.07) is 2.53. The second-order valence-electron chi connectivity index (χ2n) is 2.46. The van der Waals surface area contributed by atoms with E-state index in [0.29, 0.717) is 10.6 Å². The van der Waals surface area contributed by atoms with Crippen molar-refractivity contribution in [3.63, 3.8) is 0 Å². The summed E-state index contributed by atoms with van der Waals surface area (Å²) in [4.78, 5) is -0.323. The fourth-order valence-electron chi connectivity index (χ4n) is 0.836. The van der Waals surface area contributed by atoms with E-state index in [1.165, 1.54) is 6.07 Å². The van der Waals surface area contributed by atoms with Crippen LogP contribution in [0, 0.1) is 6.92 Å². The Morgan fingerprint density at radius 1 is 1.31 bits per heavy atom. The van der Waals surface area contributed by atoms with Crippen molar-refractivity contribution in [2.24, 2.45) is 0 Å². The van der Waals surface area contributed by atoms with Crippen molar-refractivity contribution in [2.45, 2.75) is 11.8 Å². The van der Waals surface area contributed by atoms with Crippen molar-refractivity contribution < 1.29 is 13.0 Å². The quantitative estimate of drug-likeness (QED) is 0.768. The lowest BCUT2D eigenvalue weighted by molar-refractivity contribution is 0.483. The highest BCUT2D eigenvalue weighted by Crippen LogP contribution is 2.29. The minimum atomic E-state index is -4.26. The molecule has 0 aliphatic rings. The highest BCUT2D eigenvalue weighted by molar-refractivity contribution is 7.86. The van der Waals surface area contributed by atoms with Crippen LogP contribution in [0.1, 0.15) is 5.56 Å². The van der Waals surface area contributed by atoms with Crippen LogP contribution in [0.5, 0.6) is 0 Å². The molecular formula is C7H6Cl2O3S. The molecule has 0 radical (unpaired) electrons. The molecule has 72 valence electrons. The van der Waals surface area contributed by atoms with Gasteiger partial charge in [0.2, 0.25) is 0 Å². The molecule has 0 amide bonds. The van der Waals surface area contributed by atoms with E-state index in [2.05, 4.69) is 0 Å². The number of halogens is 2. The Morgan fingerprint density at radius 2 is 1.85 bits per heavy atom. The van der Waals surface area contributed by atoms with E-state index < -0.39 is 10.1 Å². The average molecular weight is 241 g/mol. The van der Waals surface area contributed by atoms with E-state index in [9.17, 15) is 8.42 Å². The fourth-order valence-corrected chi connectivity index (χ4v) is 2.12. The van der Waals surface area contributed by atoms with Gasteiger partial charge in [-0.25, -0.2) is 0 Å². The van der Waals surface area contributed by atoms with E-state index in [1.807, 2.05) is 0 Å². The van der Waals surface area contributed by atoms with E-state index >= 15 is 0 Å². The smallest absolute Gasteiger partial charge is 0.282 e. The van der Waals surface area contributed by atoms with Crippen LogP contribution in [0.3, 0.4) is 0 Å². The first-order valence-corrected chi connectivity index (χ1v) is 5.45. The van der Waals surface area contributed by atoms with Crippen molar-refractivity contribution >= 4 is 33.3 Å². The van der Waals surface area contributed by atoms with Crippen LogP contribution in [0.4, 0.5) is 0 Å². The standard InChI is InChI=1S/C7H6Cl2O3S/c1-4-5(8)2-3-6(7(4)9)13(10,11)12/h2-3H,1H3,(H,10,11,12). The lowest BCUT2D eigenvalue weighted by Gasteiger charge is -2.04. The first-order chi connectivity index (χ1) is 5.84. The Balaban J connectivity index is 3.53. The first-order valence-electron chi connectivity index (χ1n) is 3.26. The molecule has 1 N–H and O–H groups in total. The molecule has 0 spiro atoms. The summed E-state index contributed by atoms with van der Waals surface area (Å²) in [5.41, 5.74) is 0.429. The van der Waals surface area contributed by atoms with Gasteiger partial charge in [0.15, 0.2) is 0 Å². The summed E-state index contributed by atoms with van der Waals surface area (Å²) >= 11 is 11.3. The van der Waals surface area contributed by atoms with Gasteiger partial charge in [-0.1, -0.05) is 23.2 Å². The predicted molar refractivity (Wildman–Crippen MR) is 51.0 cm³/mol. The molecule has 13 heavy (non-hydrogen) atoms. The maximum atomic E-state index is 10.7. The SMILES string of the molecule is Cc1c(Cl)ccc(S(=O)(=O)O)c1Cl. The molecule has 0 heterocycles. The van der Waals surface area contributed by atoms with Gasteiger partial charge in [0.25, 0.3) is 10.1 Å². The lowest BCUT2D eigenvalue weighted by Crippen LogP contribution is -2.00. The molecule has 0 saturated heterocycles. The molecule has 0 saturated carbocycles. The van der Waals surface area contributed by atoms with Crippen LogP contribution in [0.2, 0.25) is 10.0 Å². The molecule has 0 fully saturated rings. The monoisotopic (exact) mass is 240 g/mol. The van der Waals surface area contributed by atoms with E-state index in [0.717, 1.165) is 6.07 Å². The van der Waals surface area contributed by atoms with Gasteiger partial charge in [0, 0.05) is 5.02 Å². The zero-order valence-corrected chi connectivity index (χ0v) is 8.91. The molecule has 1 rings (SSSR count). The molecule has 3 nitrogen and oxygen atoms in total. The zero-order chi connectivity index (χ0) is 10.2. The minimum Gasteiger partial charge on any atom is -0.282 e. The van der Waals surface area contributed by atoms with Crippen molar-refractivity contribution in [3.05, 3.63) is 27.7 Å². The Kier molecular flexibility index (Phi) is 2.87. The number of benzene rings is 1. The van der Waals surface area contributed by atoms with E-state index in [4.69, 9.17) is 27.8 Å². The van der Waals surface area contributed by atoms with Gasteiger partial charge in [-0.2, -0.15) is 8.42 Å². The normalized spacial score (nSPS) is 11.7. The maximum Gasteiger partial charge on any atom is 0.296 e. The van der Waals surface area contributed by atoms with Gasteiger partial charge in [-0.05, 0) is 24.6 Å². The number of hydrogen-bond acceptors (Lipinski definition) is 2. The van der Waals surface area contributed by atoms with Crippen molar-refractivity contribution in [2.75, 3.05) is 0 Å². The Morgan fingerprint density at radius 3 is 2.31 bits per heavy atom. The lowest BCUT2D eigenvalue weighted by atomic mass is 10.2. The number of rotatable bonds is 1. The van der Waals surface area contributed by atoms with Gasteiger partial charge in [0.05, 0.1) is 5.02 Å². The summed E-state index contributed by atoms with van der Waals surface area (Å²) in [7, 11) is -4.26. The van der Waals surface area contributed by atoms with Crippen LogP contribution in [0.25, 0.3) is 0 Å². The van der Waals surface area contributed by atoms with Crippen LogP contribution in [-0.4, -0.2) is 13.0 Å². The summed E-state index contributed by atoms with van der Waals surface area (Å²) in [5.74, 6) is 0. The van der Waals surface area contributed by atoms with Crippen LogP contribution in [-0.2, 0) is 10.1 Å². The molecular weight excluding hydrogens is 235 g/mol. The fraction of sp³-hybridized carbons (Fsp3) is 0.143. The third-order valence-electron chi connectivity index (χ3n) is 1.56. The van der Waals surface area contributed by atoms with Gasteiger partial charge in [0.1, 0.15) is 4.90 Å². The van der Waals surface area contributed by atoms with Gasteiger partial charge in [-0.15, -0.1) is 0 Å². The summed E-state index contributed by atoms with van der Waals surface area (Å²) < 4.78 is 30.2. The first kappa shape index (κ1) is 10.8. The second kappa shape index (κ2) is 3.46. The predicted octanol–water partition coefficient (Wildman–Crippen LogP) is 2.55. The summed E-state index contributed by atoms with van der Waals surface area (Å²) in [6.45, 7) is 1.57. The van der Waals surface area contributed by atoms with Crippen molar-refractivity contribution in [1.82, 2.24) is 0 Å². The van der Waals surface area contributed by atoms with Crippen molar-refractivity contribution in [1.29, 1.82) is 0 Å². The summed E-state index contributed by atoms with van der Waals surface area (Å²) in [6.07, 6.45) is 0. The van der Waals surface area contributed by atoms with Crippen LogP contribution < -0.4 is 0 Å². The highest BCUT2D eigenvalue weighted by atomic mass is 35.5. The van der Waals surface area contributed by atoms with Gasteiger partial charge < -0.3 is 0 Å². The molecule has 0 bridgehead atoms. The van der Waals surface area contributed by atoms with Crippen LogP contribution in [0.15, 0.2) is 17.0 Å². The average Bonchev–Trinajstić information content (AvgIpc) is 1.98. The maximum absolute atomic E-state index is 10.7. The summed E-state index contributed by atoms with van der Waals surface area (Å²) in [5, 5.41) is 0.312. The third kappa shape index (κ3) is 2.14. The molecule has 1 aromatic rings. The Labute approximate surface area is 86.0 Å². The largest absolute Gasteiger partial charge is 0.296 e. The molecule has 1 aromatic carbocycles. The Bertz CT molecular complexity index is 439. The molecule has 0 unspecified atom stereocenters. The highest BCUT2D eigenvalue weighted by Gasteiger charge is 2.16. The minimum absolute atomic E-state index is 0.0463. The third-order valence-corrected chi connectivity index (χ3v) is 3.47. The van der Waals surface area contributed by atoms with E-state index in [-0.39, 0.29) is 9.92 Å². The van der Waals surface area contributed by atoms with Crippen LogP contribution >= 0.6 is 23.2 Å². The Hall–Kier alpha value is -0.290. The number of hydrogen-bond donors (Lipinski definition) is 1. The van der Waals surface area contributed by atoms with Crippen molar-refractivity contribution in [3.8, 4) is 0 Å². The van der Waals surface area contributed by atoms with E-state index in [1.54, 1.807) is 6.92 Å². The molecule has 6 heteroatoms.